The molecule has 0 unspecified atom stereocenters. The Morgan fingerprint density at radius 2 is 1.93 bits per heavy atom. The van der Waals surface area contributed by atoms with E-state index in [1.807, 2.05) is 44.2 Å². The Bertz CT molecular complexity index is 717. The summed E-state index contributed by atoms with van der Waals surface area (Å²) in [4.78, 5) is 14.4. The Labute approximate surface area is 165 Å². The van der Waals surface area contributed by atoms with Crippen molar-refractivity contribution in [1.29, 1.82) is 0 Å². The van der Waals surface area contributed by atoms with Gasteiger partial charge in [0.15, 0.2) is 5.88 Å². The molecule has 0 aliphatic carbocycles. The standard InChI is InChI=1S/C22H33NO3Si/c1-8-12-17(2)20(26-27(6,7)22(3,4)5)23-19(16-25-21(23)24)15-18-13-10-9-11-14-18/h8-14,19H,15-16H2,1-7H3/b12-8-,20-17+/t19-/m1/s1. The number of amides is 1. The van der Waals surface area contributed by atoms with Crippen LogP contribution in [0.5, 0.6) is 0 Å². The summed E-state index contributed by atoms with van der Waals surface area (Å²) in [7, 11) is -2.12. The van der Waals surface area contributed by atoms with E-state index in [4.69, 9.17) is 9.16 Å². The van der Waals surface area contributed by atoms with Gasteiger partial charge in [0.2, 0.25) is 0 Å². The van der Waals surface area contributed by atoms with Crippen molar-refractivity contribution in [3.8, 4) is 0 Å². The molecule has 0 spiro atoms. The van der Waals surface area contributed by atoms with Gasteiger partial charge in [-0.25, -0.2) is 9.69 Å². The zero-order chi connectivity index (χ0) is 20.2. The highest BCUT2D eigenvalue weighted by atomic mass is 28.4. The first kappa shape index (κ1) is 21.3. The topological polar surface area (TPSA) is 38.8 Å². The van der Waals surface area contributed by atoms with Gasteiger partial charge in [0.1, 0.15) is 6.61 Å². The number of nitrogens with zero attached hydrogens (tertiary/aromatic N) is 1. The van der Waals surface area contributed by atoms with Crippen LogP contribution in [-0.2, 0) is 15.6 Å². The minimum atomic E-state index is -2.12. The van der Waals surface area contributed by atoms with Crippen LogP contribution in [0.1, 0.15) is 40.2 Å². The molecule has 1 fully saturated rings. The average Bonchev–Trinajstić information content (AvgIpc) is 2.93. The molecule has 1 amide bonds. The first-order chi connectivity index (χ1) is 12.6. The molecule has 1 atom stereocenters. The van der Waals surface area contributed by atoms with Crippen molar-refractivity contribution in [2.75, 3.05) is 6.61 Å². The third-order valence-corrected chi connectivity index (χ3v) is 9.72. The number of cyclic esters (lactones) is 1. The van der Waals surface area contributed by atoms with E-state index < -0.39 is 8.32 Å². The van der Waals surface area contributed by atoms with Gasteiger partial charge in [-0.3, -0.25) is 0 Å². The summed E-state index contributed by atoms with van der Waals surface area (Å²) in [6.07, 6.45) is 4.37. The monoisotopic (exact) mass is 387 g/mol. The molecule has 1 aliphatic rings. The van der Waals surface area contributed by atoms with Crippen molar-refractivity contribution in [3.05, 3.63) is 59.5 Å². The lowest BCUT2D eigenvalue weighted by molar-refractivity contribution is 0.149. The van der Waals surface area contributed by atoms with Gasteiger partial charge in [0, 0.05) is 5.57 Å². The maximum Gasteiger partial charge on any atom is 0.417 e. The lowest BCUT2D eigenvalue weighted by atomic mass is 10.1. The predicted octanol–water partition coefficient (Wildman–Crippen LogP) is 5.88. The Kier molecular flexibility index (Phi) is 6.57. The molecule has 148 valence electrons. The van der Waals surface area contributed by atoms with Crippen LogP contribution in [0.4, 0.5) is 4.79 Å². The van der Waals surface area contributed by atoms with Gasteiger partial charge < -0.3 is 9.16 Å². The summed E-state index contributed by atoms with van der Waals surface area (Å²) in [5, 5.41) is 0.0347. The second-order valence-corrected chi connectivity index (χ2v) is 13.4. The van der Waals surface area contributed by atoms with Gasteiger partial charge >= 0.3 is 6.09 Å². The summed E-state index contributed by atoms with van der Waals surface area (Å²) in [5.41, 5.74) is 2.13. The second-order valence-electron chi connectivity index (χ2n) is 8.64. The lowest BCUT2D eigenvalue weighted by Gasteiger charge is -2.39. The van der Waals surface area contributed by atoms with Crippen molar-refractivity contribution in [3.63, 3.8) is 0 Å². The van der Waals surface area contributed by atoms with Gasteiger partial charge in [-0.15, -0.1) is 0 Å². The molecule has 1 aliphatic heterocycles. The van der Waals surface area contributed by atoms with Gasteiger partial charge in [-0.05, 0) is 44.0 Å². The Morgan fingerprint density at radius 3 is 2.48 bits per heavy atom. The zero-order valence-electron chi connectivity index (χ0n) is 17.7. The fraction of sp³-hybridized carbons (Fsp3) is 0.500. The summed E-state index contributed by atoms with van der Waals surface area (Å²) >= 11 is 0. The molecule has 4 nitrogen and oxygen atoms in total. The number of ether oxygens (including phenoxy) is 1. The third kappa shape index (κ3) is 5.04. The molecular weight excluding hydrogens is 354 g/mol. The van der Waals surface area contributed by atoms with Gasteiger partial charge in [0.25, 0.3) is 8.32 Å². The molecule has 0 radical (unpaired) electrons. The molecular formula is C22H33NO3Si. The zero-order valence-corrected chi connectivity index (χ0v) is 18.7. The maximum atomic E-state index is 12.6. The number of hydrogen-bond donors (Lipinski definition) is 0. The van der Waals surface area contributed by atoms with Crippen LogP contribution in [0.3, 0.4) is 0 Å². The number of carbonyl (C=O) groups is 1. The van der Waals surface area contributed by atoms with Gasteiger partial charge in [-0.1, -0.05) is 63.3 Å². The summed E-state index contributed by atoms with van der Waals surface area (Å²) in [5.74, 6) is 0.642. The predicted molar refractivity (Wildman–Crippen MR) is 113 cm³/mol. The van der Waals surface area contributed by atoms with Gasteiger partial charge in [0.05, 0.1) is 6.04 Å². The number of benzene rings is 1. The minimum Gasteiger partial charge on any atom is -0.531 e. The van der Waals surface area contributed by atoms with Crippen LogP contribution < -0.4 is 0 Å². The molecule has 0 bridgehead atoms. The highest BCUT2D eigenvalue weighted by Gasteiger charge is 2.44. The third-order valence-electron chi connectivity index (χ3n) is 5.41. The largest absolute Gasteiger partial charge is 0.531 e. The molecule has 0 saturated carbocycles. The average molecular weight is 388 g/mol. The summed E-state index contributed by atoms with van der Waals surface area (Å²) in [6, 6.07) is 10.1. The minimum absolute atomic E-state index is 0.0347. The number of rotatable bonds is 6. The quantitative estimate of drug-likeness (QED) is 0.347. The van der Waals surface area contributed by atoms with E-state index >= 15 is 0 Å². The van der Waals surface area contributed by atoms with Crippen LogP contribution in [0.25, 0.3) is 0 Å². The smallest absolute Gasteiger partial charge is 0.417 e. The summed E-state index contributed by atoms with van der Waals surface area (Å²) < 4.78 is 12.1. The SMILES string of the molecule is C/C=C\C(C)=C(\O[Si](C)(C)C(C)(C)C)N1C(=O)OC[C@H]1Cc1ccccc1. The Balaban J connectivity index is 2.40. The molecule has 27 heavy (non-hydrogen) atoms. The van der Waals surface area contributed by atoms with Crippen molar-refractivity contribution in [2.24, 2.45) is 0 Å². The highest BCUT2D eigenvalue weighted by Crippen LogP contribution is 2.40. The van der Waals surface area contributed by atoms with Crippen LogP contribution >= 0.6 is 0 Å². The second kappa shape index (κ2) is 8.34. The van der Waals surface area contributed by atoms with E-state index in [0.29, 0.717) is 12.5 Å². The highest BCUT2D eigenvalue weighted by molar-refractivity contribution is 6.74. The first-order valence-corrected chi connectivity index (χ1v) is 12.5. The molecule has 2 rings (SSSR count). The van der Waals surface area contributed by atoms with Crippen molar-refractivity contribution >= 4 is 14.4 Å². The van der Waals surface area contributed by atoms with Crippen LogP contribution in [-0.4, -0.2) is 32.0 Å². The molecule has 1 heterocycles. The van der Waals surface area contributed by atoms with E-state index in [0.717, 1.165) is 12.0 Å². The molecule has 0 N–H and O–H groups in total. The number of allylic oxidation sites excluding steroid dienone is 3. The molecule has 1 aromatic rings. The normalized spacial score (nSPS) is 19.3. The van der Waals surface area contributed by atoms with Crippen LogP contribution in [0, 0.1) is 0 Å². The molecule has 0 aromatic heterocycles. The van der Waals surface area contributed by atoms with E-state index in [1.165, 1.54) is 5.56 Å². The number of carbonyl (C=O) groups excluding carboxylic acids is 1. The summed E-state index contributed by atoms with van der Waals surface area (Å²) in [6.45, 7) is 15.3. The van der Waals surface area contributed by atoms with E-state index in [9.17, 15) is 4.79 Å². The Hall–Kier alpha value is -2.01. The number of hydrogen-bond acceptors (Lipinski definition) is 3. The molecule has 1 saturated heterocycles. The fourth-order valence-corrected chi connectivity index (χ4v) is 3.83. The molecule has 1 aromatic carbocycles. The van der Waals surface area contributed by atoms with Crippen molar-refractivity contribution in [2.45, 2.75) is 65.2 Å². The Morgan fingerprint density at radius 1 is 1.30 bits per heavy atom. The molecule has 5 heteroatoms. The van der Waals surface area contributed by atoms with Crippen molar-refractivity contribution in [1.82, 2.24) is 4.90 Å². The van der Waals surface area contributed by atoms with Gasteiger partial charge in [-0.2, -0.15) is 0 Å². The van der Waals surface area contributed by atoms with Crippen LogP contribution in [0.15, 0.2) is 53.9 Å². The first-order valence-electron chi connectivity index (χ1n) is 9.59. The van der Waals surface area contributed by atoms with Crippen molar-refractivity contribution < 1.29 is 14.0 Å². The lowest BCUT2D eigenvalue weighted by Crippen LogP contribution is -2.45. The van der Waals surface area contributed by atoms with Crippen LogP contribution in [0.2, 0.25) is 18.1 Å². The fourth-order valence-electron chi connectivity index (χ4n) is 2.78. The van der Waals surface area contributed by atoms with E-state index in [2.05, 4.69) is 46.0 Å². The maximum absolute atomic E-state index is 12.6. The van der Waals surface area contributed by atoms with E-state index in [1.54, 1.807) is 4.90 Å². The van der Waals surface area contributed by atoms with E-state index in [-0.39, 0.29) is 17.2 Å².